The lowest BCUT2D eigenvalue weighted by atomic mass is 10.1. The lowest BCUT2D eigenvalue weighted by Crippen LogP contribution is -2.04. The lowest BCUT2D eigenvalue weighted by molar-refractivity contribution is -0.137. The maximum absolute atomic E-state index is 12.0. The average Bonchev–Trinajstić information content (AvgIpc) is 2.17. The zero-order chi connectivity index (χ0) is 11.9. The molecule has 0 N–H and O–H groups in total. The zero-order valence-electron chi connectivity index (χ0n) is 9.36. The Morgan fingerprint density at radius 2 is 1.60 bits per heavy atom. The molecule has 0 heterocycles. The Hall–Kier alpha value is -0.990. The second kappa shape index (κ2) is 6.49. The molecule has 0 spiro atoms. The molecule has 0 unspecified atom stereocenters. The molecule has 0 amide bonds. The minimum absolute atomic E-state index is 0.586. The second-order valence-corrected chi connectivity index (χ2v) is 3.37. The van der Waals surface area contributed by atoms with E-state index in [-0.39, 0.29) is 0 Å². The molecule has 1 rings (SSSR count). The van der Waals surface area contributed by atoms with E-state index in [9.17, 15) is 13.2 Å². The fourth-order valence-electron chi connectivity index (χ4n) is 0.821. The van der Waals surface area contributed by atoms with Gasteiger partial charge in [0.05, 0.1) is 5.56 Å². The van der Waals surface area contributed by atoms with Gasteiger partial charge in [-0.3, -0.25) is 0 Å². The summed E-state index contributed by atoms with van der Waals surface area (Å²) in [6.45, 7) is 6.00. The van der Waals surface area contributed by atoms with E-state index in [0.29, 0.717) is 5.56 Å². The summed E-state index contributed by atoms with van der Waals surface area (Å²) in [7, 11) is 0. The van der Waals surface area contributed by atoms with Crippen LogP contribution in [0.1, 0.15) is 37.8 Å². The largest absolute Gasteiger partial charge is 0.416 e. The third-order valence-electron chi connectivity index (χ3n) is 1.85. The summed E-state index contributed by atoms with van der Waals surface area (Å²) >= 11 is 0. The van der Waals surface area contributed by atoms with Crippen LogP contribution >= 0.6 is 0 Å². The van der Waals surface area contributed by atoms with Gasteiger partial charge in [-0.2, -0.15) is 13.2 Å². The molecule has 15 heavy (non-hydrogen) atoms. The topological polar surface area (TPSA) is 0 Å². The van der Waals surface area contributed by atoms with Crippen LogP contribution in [-0.4, -0.2) is 0 Å². The summed E-state index contributed by atoms with van der Waals surface area (Å²) in [6, 6.07) is 5.22. The number of halogens is 3. The molecule has 0 aliphatic rings. The number of unbranched alkanes of at least 4 members (excludes halogenated alkanes) is 1. The van der Waals surface area contributed by atoms with Crippen LogP contribution in [0.25, 0.3) is 0 Å². The van der Waals surface area contributed by atoms with E-state index >= 15 is 0 Å². The van der Waals surface area contributed by atoms with E-state index in [4.69, 9.17) is 0 Å². The molecule has 0 atom stereocenters. The van der Waals surface area contributed by atoms with Crippen molar-refractivity contribution in [2.45, 2.75) is 39.8 Å². The predicted octanol–water partition coefficient (Wildman–Crippen LogP) is 4.82. The summed E-state index contributed by atoms with van der Waals surface area (Å²) < 4.78 is 35.9. The predicted molar refractivity (Wildman–Crippen MR) is 56.8 cm³/mol. The van der Waals surface area contributed by atoms with Crippen molar-refractivity contribution in [3.05, 3.63) is 35.4 Å². The third kappa shape index (κ3) is 6.15. The smallest absolute Gasteiger partial charge is 0.166 e. The third-order valence-corrected chi connectivity index (χ3v) is 1.85. The number of hydrogen-bond donors (Lipinski definition) is 0. The van der Waals surface area contributed by atoms with Crippen molar-refractivity contribution in [1.82, 2.24) is 0 Å². The minimum atomic E-state index is -4.22. The summed E-state index contributed by atoms with van der Waals surface area (Å²) in [4.78, 5) is 0. The number of hydrogen-bond acceptors (Lipinski definition) is 0. The second-order valence-electron chi connectivity index (χ2n) is 3.37. The van der Waals surface area contributed by atoms with Crippen molar-refractivity contribution >= 4 is 0 Å². The molecule has 1 aromatic rings. The monoisotopic (exact) mass is 218 g/mol. The van der Waals surface area contributed by atoms with E-state index in [0.717, 1.165) is 12.1 Å². The Morgan fingerprint density at radius 1 is 1.07 bits per heavy atom. The summed E-state index contributed by atoms with van der Waals surface area (Å²) in [5.74, 6) is 0. The fourth-order valence-corrected chi connectivity index (χ4v) is 0.821. The molecule has 0 aromatic heterocycles. The van der Waals surface area contributed by atoms with Gasteiger partial charge in [-0.25, -0.2) is 0 Å². The van der Waals surface area contributed by atoms with Gasteiger partial charge in [0.15, 0.2) is 0 Å². The van der Waals surface area contributed by atoms with Gasteiger partial charge >= 0.3 is 6.18 Å². The molecular formula is C12H17F3. The number of benzene rings is 1. The van der Waals surface area contributed by atoms with E-state index in [2.05, 4.69) is 13.8 Å². The van der Waals surface area contributed by atoms with E-state index < -0.39 is 11.7 Å². The van der Waals surface area contributed by atoms with Gasteiger partial charge in [0.25, 0.3) is 0 Å². The summed E-state index contributed by atoms with van der Waals surface area (Å²) in [5.41, 5.74) is 0.0392. The molecule has 0 saturated carbocycles. The normalized spacial score (nSPS) is 10.5. The van der Waals surface area contributed by atoms with Gasteiger partial charge in [-0.05, 0) is 13.0 Å². The van der Waals surface area contributed by atoms with Crippen molar-refractivity contribution in [3.8, 4) is 0 Å². The van der Waals surface area contributed by atoms with E-state index in [1.54, 1.807) is 13.0 Å². The maximum Gasteiger partial charge on any atom is 0.416 e. The van der Waals surface area contributed by atoms with Crippen LogP contribution < -0.4 is 0 Å². The Kier molecular flexibility index (Phi) is 6.06. The molecule has 0 aliphatic heterocycles. The van der Waals surface area contributed by atoms with Crippen molar-refractivity contribution in [2.24, 2.45) is 0 Å². The van der Waals surface area contributed by atoms with Crippen LogP contribution in [-0.2, 0) is 6.18 Å². The van der Waals surface area contributed by atoms with Crippen molar-refractivity contribution in [2.75, 3.05) is 0 Å². The van der Waals surface area contributed by atoms with Crippen molar-refractivity contribution in [1.29, 1.82) is 0 Å². The fraction of sp³-hybridized carbons (Fsp3) is 0.500. The lowest BCUT2D eigenvalue weighted by Gasteiger charge is -2.05. The van der Waals surface area contributed by atoms with Crippen LogP contribution in [0.2, 0.25) is 0 Å². The van der Waals surface area contributed by atoms with E-state index in [1.165, 1.54) is 18.9 Å². The Bertz CT molecular complexity index is 274. The first kappa shape index (κ1) is 14.0. The zero-order valence-corrected chi connectivity index (χ0v) is 9.36. The van der Waals surface area contributed by atoms with Crippen molar-refractivity contribution < 1.29 is 13.2 Å². The van der Waals surface area contributed by atoms with Crippen LogP contribution in [0.5, 0.6) is 0 Å². The van der Waals surface area contributed by atoms with Gasteiger partial charge in [-0.1, -0.05) is 50.5 Å². The van der Waals surface area contributed by atoms with E-state index in [1.807, 2.05) is 0 Å². The number of rotatable bonds is 1. The standard InChI is InChI=1S/C8H7F3.C4H10/c1-6-3-2-4-7(5-6)8(9,10)11;1-3-4-2/h2-5H,1H3;3-4H2,1-2H3. The van der Waals surface area contributed by atoms with Gasteiger partial charge in [-0.15, -0.1) is 0 Å². The first-order valence-electron chi connectivity index (χ1n) is 5.05. The highest BCUT2D eigenvalue weighted by molar-refractivity contribution is 5.24. The van der Waals surface area contributed by atoms with Crippen LogP contribution in [0.15, 0.2) is 24.3 Å². The molecule has 0 aliphatic carbocycles. The molecule has 0 bridgehead atoms. The summed E-state index contributed by atoms with van der Waals surface area (Å²) in [5, 5.41) is 0. The molecule has 0 saturated heterocycles. The molecule has 0 nitrogen and oxygen atoms in total. The highest BCUT2D eigenvalue weighted by Gasteiger charge is 2.29. The Labute approximate surface area is 89.1 Å². The average molecular weight is 218 g/mol. The molecule has 3 heteroatoms. The van der Waals surface area contributed by atoms with Gasteiger partial charge in [0, 0.05) is 0 Å². The number of alkyl halides is 3. The summed E-state index contributed by atoms with van der Waals surface area (Å²) in [6.07, 6.45) is -1.58. The quantitative estimate of drug-likeness (QED) is 0.634. The minimum Gasteiger partial charge on any atom is -0.166 e. The maximum atomic E-state index is 12.0. The van der Waals surface area contributed by atoms with Gasteiger partial charge < -0.3 is 0 Å². The molecular weight excluding hydrogens is 201 g/mol. The van der Waals surface area contributed by atoms with Gasteiger partial charge in [0.1, 0.15) is 0 Å². The van der Waals surface area contributed by atoms with Crippen LogP contribution in [0.4, 0.5) is 13.2 Å². The molecule has 0 fully saturated rings. The van der Waals surface area contributed by atoms with Crippen LogP contribution in [0, 0.1) is 6.92 Å². The first-order chi connectivity index (χ1) is 6.91. The highest BCUT2D eigenvalue weighted by atomic mass is 19.4. The molecule has 0 radical (unpaired) electrons. The van der Waals surface area contributed by atoms with Crippen LogP contribution in [0.3, 0.4) is 0 Å². The molecule has 86 valence electrons. The number of aryl methyl sites for hydroxylation is 1. The Morgan fingerprint density at radius 3 is 1.87 bits per heavy atom. The highest BCUT2D eigenvalue weighted by Crippen LogP contribution is 2.29. The molecule has 1 aromatic carbocycles. The van der Waals surface area contributed by atoms with Crippen molar-refractivity contribution in [3.63, 3.8) is 0 Å². The first-order valence-corrected chi connectivity index (χ1v) is 5.05. The SMILES string of the molecule is CCCC.Cc1cccc(C(F)(F)F)c1. The van der Waals surface area contributed by atoms with Gasteiger partial charge in [0.2, 0.25) is 0 Å². The Balaban J connectivity index is 0.000000423.